The first-order chi connectivity index (χ1) is 10.8. The lowest BCUT2D eigenvalue weighted by Gasteiger charge is -2.22. The van der Waals surface area contributed by atoms with Gasteiger partial charge in [-0.15, -0.1) is 0 Å². The van der Waals surface area contributed by atoms with Gasteiger partial charge in [-0.25, -0.2) is 9.07 Å². The Morgan fingerprint density at radius 1 is 1.27 bits per heavy atom. The van der Waals surface area contributed by atoms with Gasteiger partial charge in [-0.3, -0.25) is 4.98 Å². The van der Waals surface area contributed by atoms with Gasteiger partial charge in [0, 0.05) is 41.6 Å². The maximum absolute atomic E-state index is 14.3. The number of pyridine rings is 1. The van der Waals surface area contributed by atoms with Gasteiger partial charge in [-0.1, -0.05) is 6.07 Å². The van der Waals surface area contributed by atoms with Gasteiger partial charge in [-0.2, -0.15) is 5.10 Å². The topological polar surface area (TPSA) is 39.9 Å². The van der Waals surface area contributed by atoms with E-state index in [4.69, 9.17) is 4.74 Å². The maximum atomic E-state index is 14.3. The third-order valence-corrected chi connectivity index (χ3v) is 4.06. The van der Waals surface area contributed by atoms with Crippen LogP contribution < -0.4 is 0 Å². The Hall–Kier alpha value is -2.27. The van der Waals surface area contributed by atoms with Crippen molar-refractivity contribution in [2.24, 2.45) is 0 Å². The Labute approximate surface area is 127 Å². The molecule has 4 rings (SSSR count). The van der Waals surface area contributed by atoms with Gasteiger partial charge in [0.2, 0.25) is 0 Å². The summed E-state index contributed by atoms with van der Waals surface area (Å²) in [5, 5.41) is 5.26. The molecule has 0 radical (unpaired) electrons. The van der Waals surface area contributed by atoms with Gasteiger partial charge in [0.25, 0.3) is 0 Å². The van der Waals surface area contributed by atoms with E-state index in [2.05, 4.69) is 10.1 Å². The number of aromatic nitrogens is 3. The molecule has 1 fully saturated rings. The van der Waals surface area contributed by atoms with Gasteiger partial charge in [0.05, 0.1) is 11.7 Å². The second-order valence-corrected chi connectivity index (χ2v) is 5.56. The SMILES string of the molecule is Fc1cc2ncccc2cc1-c1cnn(C2CCCCO2)c1. The fraction of sp³-hybridized carbons (Fsp3) is 0.294. The molecule has 1 saturated heterocycles. The summed E-state index contributed by atoms with van der Waals surface area (Å²) < 4.78 is 21.9. The molecule has 0 amide bonds. The molecule has 0 bridgehead atoms. The molecule has 4 nitrogen and oxygen atoms in total. The van der Waals surface area contributed by atoms with Crippen LogP contribution in [-0.2, 0) is 4.74 Å². The molecular weight excluding hydrogens is 281 g/mol. The first-order valence-electron chi connectivity index (χ1n) is 7.52. The number of nitrogens with zero attached hydrogens (tertiary/aromatic N) is 3. The van der Waals surface area contributed by atoms with Gasteiger partial charge < -0.3 is 4.74 Å². The van der Waals surface area contributed by atoms with Crippen molar-refractivity contribution in [3.63, 3.8) is 0 Å². The fourth-order valence-electron chi connectivity index (χ4n) is 2.88. The zero-order valence-electron chi connectivity index (χ0n) is 12.1. The Morgan fingerprint density at radius 3 is 3.09 bits per heavy atom. The van der Waals surface area contributed by atoms with Crippen molar-refractivity contribution in [2.45, 2.75) is 25.5 Å². The Bertz CT molecular complexity index is 809. The van der Waals surface area contributed by atoms with Crippen molar-refractivity contribution in [1.82, 2.24) is 14.8 Å². The molecule has 1 atom stereocenters. The molecule has 5 heteroatoms. The minimum Gasteiger partial charge on any atom is -0.357 e. The second-order valence-electron chi connectivity index (χ2n) is 5.56. The van der Waals surface area contributed by atoms with Gasteiger partial charge >= 0.3 is 0 Å². The van der Waals surface area contributed by atoms with Gasteiger partial charge in [-0.05, 0) is 31.4 Å². The third-order valence-electron chi connectivity index (χ3n) is 4.06. The minimum atomic E-state index is -0.282. The maximum Gasteiger partial charge on any atom is 0.150 e. The number of benzene rings is 1. The van der Waals surface area contributed by atoms with Crippen molar-refractivity contribution in [1.29, 1.82) is 0 Å². The molecule has 1 aromatic carbocycles. The number of rotatable bonds is 2. The van der Waals surface area contributed by atoms with Crippen LogP contribution in [0.1, 0.15) is 25.5 Å². The van der Waals surface area contributed by atoms with Crippen LogP contribution in [0.4, 0.5) is 4.39 Å². The standard InChI is InChI=1S/C17H16FN3O/c18-15-9-16-12(4-3-6-19-16)8-14(15)13-10-20-21(11-13)17-5-1-2-7-22-17/h3-4,6,8-11,17H,1-2,5,7H2. The summed E-state index contributed by atoms with van der Waals surface area (Å²) in [5.74, 6) is -0.282. The largest absolute Gasteiger partial charge is 0.357 e. The van der Waals surface area contributed by atoms with Crippen LogP contribution in [0.15, 0.2) is 42.9 Å². The summed E-state index contributed by atoms with van der Waals surface area (Å²) >= 11 is 0. The van der Waals surface area contributed by atoms with Crippen LogP contribution in [0.25, 0.3) is 22.0 Å². The predicted octanol–water partition coefficient (Wildman–Crippen LogP) is 3.94. The highest BCUT2D eigenvalue weighted by Crippen LogP contribution is 2.29. The van der Waals surface area contributed by atoms with Crippen LogP contribution in [-0.4, -0.2) is 21.4 Å². The van der Waals surface area contributed by atoms with Crippen LogP contribution in [0.2, 0.25) is 0 Å². The number of hydrogen-bond acceptors (Lipinski definition) is 3. The first-order valence-corrected chi connectivity index (χ1v) is 7.52. The van der Waals surface area contributed by atoms with Crippen molar-refractivity contribution in [2.75, 3.05) is 6.61 Å². The van der Waals surface area contributed by atoms with Crippen LogP contribution in [0.3, 0.4) is 0 Å². The average Bonchev–Trinajstić information content (AvgIpc) is 3.05. The van der Waals surface area contributed by atoms with Crippen LogP contribution >= 0.6 is 0 Å². The van der Waals surface area contributed by atoms with E-state index in [1.54, 1.807) is 17.1 Å². The molecule has 0 spiro atoms. The van der Waals surface area contributed by atoms with Crippen molar-refractivity contribution >= 4 is 10.9 Å². The highest BCUT2D eigenvalue weighted by molar-refractivity contribution is 5.84. The lowest BCUT2D eigenvalue weighted by atomic mass is 10.1. The molecule has 1 unspecified atom stereocenters. The molecule has 3 heterocycles. The van der Waals surface area contributed by atoms with Crippen molar-refractivity contribution in [3.8, 4) is 11.1 Å². The third kappa shape index (κ3) is 2.37. The number of halogens is 1. The Morgan fingerprint density at radius 2 is 2.23 bits per heavy atom. The summed E-state index contributed by atoms with van der Waals surface area (Å²) in [6.07, 6.45) is 8.36. The molecule has 0 aliphatic carbocycles. The molecule has 112 valence electrons. The number of fused-ring (bicyclic) bond motifs is 1. The van der Waals surface area contributed by atoms with Crippen molar-refractivity contribution in [3.05, 3.63) is 48.7 Å². The highest BCUT2D eigenvalue weighted by Gasteiger charge is 2.18. The quantitative estimate of drug-likeness (QED) is 0.719. The Balaban J connectivity index is 1.72. The fourth-order valence-corrected chi connectivity index (χ4v) is 2.88. The molecule has 0 saturated carbocycles. The average molecular weight is 297 g/mol. The Kier molecular flexibility index (Phi) is 3.35. The van der Waals surface area contributed by atoms with Gasteiger partial charge in [0.15, 0.2) is 0 Å². The van der Waals surface area contributed by atoms with E-state index in [0.717, 1.165) is 36.8 Å². The lowest BCUT2D eigenvalue weighted by Crippen LogP contribution is -2.18. The van der Waals surface area contributed by atoms with E-state index in [0.29, 0.717) is 11.1 Å². The van der Waals surface area contributed by atoms with E-state index in [-0.39, 0.29) is 12.0 Å². The highest BCUT2D eigenvalue weighted by atomic mass is 19.1. The first kappa shape index (κ1) is 13.4. The summed E-state index contributed by atoms with van der Waals surface area (Å²) in [6.45, 7) is 0.760. The summed E-state index contributed by atoms with van der Waals surface area (Å²) in [6, 6.07) is 7.07. The molecule has 1 aliphatic heterocycles. The predicted molar refractivity (Wildman–Crippen MR) is 81.8 cm³/mol. The van der Waals surface area contributed by atoms with Gasteiger partial charge in [0.1, 0.15) is 12.0 Å². The van der Waals surface area contributed by atoms with E-state index in [9.17, 15) is 4.39 Å². The molecule has 22 heavy (non-hydrogen) atoms. The zero-order chi connectivity index (χ0) is 14.9. The van der Waals surface area contributed by atoms with Crippen LogP contribution in [0.5, 0.6) is 0 Å². The zero-order valence-corrected chi connectivity index (χ0v) is 12.1. The normalized spacial score (nSPS) is 18.7. The van der Waals surface area contributed by atoms with Crippen molar-refractivity contribution < 1.29 is 9.13 Å². The summed E-state index contributed by atoms with van der Waals surface area (Å²) in [4.78, 5) is 4.17. The summed E-state index contributed by atoms with van der Waals surface area (Å²) in [7, 11) is 0. The van der Waals surface area contributed by atoms with E-state index in [1.165, 1.54) is 6.07 Å². The molecule has 0 N–H and O–H groups in total. The minimum absolute atomic E-state index is 0.0346. The smallest absolute Gasteiger partial charge is 0.150 e. The molecule has 1 aliphatic rings. The molecule has 2 aromatic heterocycles. The number of hydrogen-bond donors (Lipinski definition) is 0. The molecule has 3 aromatic rings. The van der Waals surface area contributed by atoms with Crippen LogP contribution in [0, 0.1) is 5.82 Å². The summed E-state index contributed by atoms with van der Waals surface area (Å²) in [5.41, 5.74) is 1.96. The monoisotopic (exact) mass is 297 g/mol. The van der Waals surface area contributed by atoms with E-state index in [1.807, 2.05) is 24.4 Å². The second kappa shape index (κ2) is 5.50. The number of ether oxygens (including phenoxy) is 1. The molecular formula is C17H16FN3O. The van der Waals surface area contributed by atoms with E-state index >= 15 is 0 Å². The van der Waals surface area contributed by atoms with E-state index < -0.39 is 0 Å². The lowest BCUT2D eigenvalue weighted by molar-refractivity contribution is -0.0394.